The number of alkyl halides is 2. The second-order valence-corrected chi connectivity index (χ2v) is 3.67. The molecule has 0 bridgehead atoms. The van der Waals surface area contributed by atoms with Gasteiger partial charge < -0.3 is 10.8 Å². The number of aliphatic hydroxyl groups excluding tert-OH is 1. The maximum atomic E-state index is 10.3. The van der Waals surface area contributed by atoms with Crippen LogP contribution >= 0.6 is 31.9 Å². The van der Waals surface area contributed by atoms with Gasteiger partial charge in [0.15, 0.2) is 0 Å². The average molecular weight is 261 g/mol. The van der Waals surface area contributed by atoms with E-state index >= 15 is 0 Å². The lowest BCUT2D eigenvalue weighted by Crippen LogP contribution is -2.32. The number of hydrogen-bond acceptors (Lipinski definition) is 2. The van der Waals surface area contributed by atoms with E-state index in [-0.39, 0.29) is 11.4 Å². The number of rotatable bonds is 3. The predicted octanol–water partition coefficient (Wildman–Crippen LogP) is -0.00900. The zero-order chi connectivity index (χ0) is 7.44. The molecule has 54 valence electrons. The molecule has 3 N–H and O–H groups in total. The van der Waals surface area contributed by atoms with Crippen molar-refractivity contribution >= 4 is 37.8 Å². The first-order valence-electron chi connectivity index (χ1n) is 2.28. The molecule has 0 aliphatic rings. The minimum absolute atomic E-state index is 0.112. The number of hydrogen-bond donors (Lipinski definition) is 2. The van der Waals surface area contributed by atoms with E-state index in [1.54, 1.807) is 0 Å². The van der Waals surface area contributed by atoms with Gasteiger partial charge in [-0.05, 0) is 0 Å². The van der Waals surface area contributed by atoms with Crippen LogP contribution in [-0.2, 0) is 4.79 Å². The SMILES string of the molecule is NC(=O)[C@H](Br)[C@@H](Br)CO. The third kappa shape index (κ3) is 3.17. The molecule has 0 aliphatic heterocycles. The highest BCUT2D eigenvalue weighted by Crippen LogP contribution is 2.12. The number of nitrogens with two attached hydrogens (primary N) is 1. The fourth-order valence-corrected chi connectivity index (χ4v) is 0.698. The van der Waals surface area contributed by atoms with E-state index in [2.05, 4.69) is 31.9 Å². The van der Waals surface area contributed by atoms with Crippen molar-refractivity contribution in [3.63, 3.8) is 0 Å². The Balaban J connectivity index is 3.72. The minimum Gasteiger partial charge on any atom is -0.395 e. The van der Waals surface area contributed by atoms with Gasteiger partial charge >= 0.3 is 0 Å². The van der Waals surface area contributed by atoms with Gasteiger partial charge in [0.2, 0.25) is 5.91 Å². The van der Waals surface area contributed by atoms with Crippen molar-refractivity contribution in [3.8, 4) is 0 Å². The maximum absolute atomic E-state index is 10.3. The van der Waals surface area contributed by atoms with Gasteiger partial charge in [-0.3, -0.25) is 4.79 Å². The van der Waals surface area contributed by atoms with E-state index in [4.69, 9.17) is 10.8 Å². The van der Waals surface area contributed by atoms with Crippen LogP contribution in [0, 0.1) is 0 Å². The lowest BCUT2D eigenvalue weighted by atomic mass is 10.3. The summed E-state index contributed by atoms with van der Waals surface area (Å²) in [5, 5.41) is 8.47. The second kappa shape index (κ2) is 4.24. The zero-order valence-electron chi connectivity index (χ0n) is 4.55. The molecule has 2 atom stereocenters. The van der Waals surface area contributed by atoms with Crippen LogP contribution in [0.2, 0.25) is 0 Å². The molecule has 0 aromatic heterocycles. The summed E-state index contributed by atoms with van der Waals surface area (Å²) in [5.41, 5.74) is 4.89. The van der Waals surface area contributed by atoms with E-state index < -0.39 is 10.7 Å². The Hall–Kier alpha value is 0.390. The molecule has 0 radical (unpaired) electrons. The van der Waals surface area contributed by atoms with Gasteiger partial charge in [-0.1, -0.05) is 31.9 Å². The van der Waals surface area contributed by atoms with Gasteiger partial charge in [-0.25, -0.2) is 0 Å². The van der Waals surface area contributed by atoms with E-state index in [1.165, 1.54) is 0 Å². The number of primary amides is 1. The van der Waals surface area contributed by atoms with Crippen molar-refractivity contribution in [2.24, 2.45) is 5.73 Å². The molecule has 0 aromatic carbocycles. The van der Waals surface area contributed by atoms with Gasteiger partial charge in [-0.15, -0.1) is 0 Å². The Morgan fingerprint density at radius 2 is 2.11 bits per heavy atom. The molecule has 5 heteroatoms. The summed E-state index contributed by atoms with van der Waals surface area (Å²) in [4.78, 5) is 9.54. The lowest BCUT2D eigenvalue weighted by molar-refractivity contribution is -0.117. The fourth-order valence-electron chi connectivity index (χ4n) is 0.271. The average Bonchev–Trinajstić information content (AvgIpc) is 1.84. The highest BCUT2D eigenvalue weighted by Gasteiger charge is 2.19. The Morgan fingerprint density at radius 3 is 2.22 bits per heavy atom. The van der Waals surface area contributed by atoms with Crippen molar-refractivity contribution in [3.05, 3.63) is 0 Å². The van der Waals surface area contributed by atoms with Crippen LogP contribution in [0.5, 0.6) is 0 Å². The molecule has 0 spiro atoms. The largest absolute Gasteiger partial charge is 0.395 e. The Kier molecular flexibility index (Phi) is 4.43. The number of amides is 1. The molecule has 0 aliphatic carbocycles. The van der Waals surface area contributed by atoms with Crippen molar-refractivity contribution < 1.29 is 9.90 Å². The first kappa shape index (κ1) is 9.39. The van der Waals surface area contributed by atoms with Crippen LogP contribution < -0.4 is 5.73 Å². The second-order valence-electron chi connectivity index (χ2n) is 1.50. The summed E-state index contributed by atoms with van der Waals surface area (Å²) >= 11 is 6.03. The van der Waals surface area contributed by atoms with Crippen molar-refractivity contribution in [1.82, 2.24) is 0 Å². The van der Waals surface area contributed by atoms with Crippen molar-refractivity contribution in [2.75, 3.05) is 6.61 Å². The molecule has 1 amide bonds. The van der Waals surface area contributed by atoms with Crippen LogP contribution in [0.15, 0.2) is 0 Å². The molecule has 0 unspecified atom stereocenters. The highest BCUT2D eigenvalue weighted by molar-refractivity contribution is 9.12. The molecule has 0 heterocycles. The summed E-state index contributed by atoms with van der Waals surface area (Å²) in [6, 6.07) is 0. The fraction of sp³-hybridized carbons (Fsp3) is 0.750. The molecule has 0 fully saturated rings. The summed E-state index contributed by atoms with van der Waals surface area (Å²) < 4.78 is 0. The standard InChI is InChI=1S/C4H7Br2NO2/c5-2(1-8)3(6)4(7)9/h2-3,8H,1H2,(H2,7,9)/t2-,3+/m0/s1. The molecule has 0 aromatic rings. The summed E-state index contributed by atoms with van der Waals surface area (Å²) in [7, 11) is 0. The van der Waals surface area contributed by atoms with E-state index in [1.807, 2.05) is 0 Å². The van der Waals surface area contributed by atoms with Gasteiger partial charge in [0.05, 0.1) is 11.4 Å². The maximum Gasteiger partial charge on any atom is 0.232 e. The van der Waals surface area contributed by atoms with Crippen LogP contribution in [0.25, 0.3) is 0 Å². The summed E-state index contributed by atoms with van der Waals surface area (Å²) in [5.74, 6) is -0.481. The molecule has 0 saturated carbocycles. The topological polar surface area (TPSA) is 63.3 Å². The van der Waals surface area contributed by atoms with Crippen LogP contribution in [0.4, 0.5) is 0 Å². The van der Waals surface area contributed by atoms with Gasteiger partial charge in [0.25, 0.3) is 0 Å². The van der Waals surface area contributed by atoms with Gasteiger partial charge in [0.1, 0.15) is 4.83 Å². The third-order valence-corrected chi connectivity index (χ3v) is 3.38. The first-order chi connectivity index (χ1) is 4.09. The van der Waals surface area contributed by atoms with Crippen molar-refractivity contribution in [2.45, 2.75) is 9.65 Å². The smallest absolute Gasteiger partial charge is 0.232 e. The number of carbonyl (C=O) groups excluding carboxylic acids is 1. The molecule has 0 saturated heterocycles. The first-order valence-corrected chi connectivity index (χ1v) is 4.11. The Labute approximate surface area is 69.9 Å². The van der Waals surface area contributed by atoms with Crippen LogP contribution in [0.3, 0.4) is 0 Å². The van der Waals surface area contributed by atoms with Crippen LogP contribution in [-0.4, -0.2) is 27.3 Å². The monoisotopic (exact) mass is 259 g/mol. The predicted molar refractivity (Wildman–Crippen MR) is 41.7 cm³/mol. The number of halogens is 2. The van der Waals surface area contributed by atoms with Crippen molar-refractivity contribution in [1.29, 1.82) is 0 Å². The highest BCUT2D eigenvalue weighted by atomic mass is 79.9. The lowest BCUT2D eigenvalue weighted by Gasteiger charge is -2.08. The van der Waals surface area contributed by atoms with E-state index in [0.29, 0.717) is 0 Å². The van der Waals surface area contributed by atoms with E-state index in [9.17, 15) is 4.79 Å². The normalized spacial score (nSPS) is 16.8. The third-order valence-electron chi connectivity index (χ3n) is 0.764. The number of aliphatic hydroxyl groups is 1. The number of carbonyl (C=O) groups is 1. The zero-order valence-corrected chi connectivity index (χ0v) is 7.72. The Morgan fingerprint density at radius 1 is 1.67 bits per heavy atom. The molecular weight excluding hydrogens is 254 g/mol. The summed E-state index contributed by atoms with van der Waals surface area (Å²) in [6.45, 7) is -0.112. The molecule has 3 nitrogen and oxygen atoms in total. The molecular formula is C4H7Br2NO2. The molecule has 0 rings (SSSR count). The Bertz CT molecular complexity index is 109. The van der Waals surface area contributed by atoms with E-state index in [0.717, 1.165) is 0 Å². The van der Waals surface area contributed by atoms with Gasteiger partial charge in [-0.2, -0.15) is 0 Å². The van der Waals surface area contributed by atoms with Crippen LogP contribution in [0.1, 0.15) is 0 Å². The molecule has 9 heavy (non-hydrogen) atoms. The minimum atomic E-state index is -0.498. The quantitative estimate of drug-likeness (QED) is 0.702. The van der Waals surface area contributed by atoms with Gasteiger partial charge in [0, 0.05) is 0 Å². The summed E-state index contributed by atoms with van der Waals surface area (Å²) in [6.07, 6.45) is 0.